The van der Waals surface area contributed by atoms with Crippen molar-refractivity contribution in [3.8, 4) is 17.1 Å². The molecule has 2 aromatic carbocycles. The van der Waals surface area contributed by atoms with Crippen molar-refractivity contribution >= 4 is 16.7 Å². The number of benzene rings is 2. The molecule has 2 fully saturated rings. The van der Waals surface area contributed by atoms with Crippen LogP contribution in [0.1, 0.15) is 26.2 Å². The summed E-state index contributed by atoms with van der Waals surface area (Å²) in [7, 11) is 0. The molecule has 5 heteroatoms. The maximum absolute atomic E-state index is 10.00. The van der Waals surface area contributed by atoms with Crippen molar-refractivity contribution in [3.63, 3.8) is 0 Å². The molecule has 1 saturated carbocycles. The molecule has 2 unspecified atom stereocenters. The highest BCUT2D eigenvalue weighted by atomic mass is 16.3. The third-order valence-corrected chi connectivity index (χ3v) is 5.87. The van der Waals surface area contributed by atoms with E-state index < -0.39 is 0 Å². The van der Waals surface area contributed by atoms with Crippen LogP contribution in [-0.2, 0) is 6.54 Å². The van der Waals surface area contributed by atoms with Gasteiger partial charge in [0.25, 0.3) is 0 Å². The second kappa shape index (κ2) is 5.48. The molecular formula is C20H22N4O. The van der Waals surface area contributed by atoms with Gasteiger partial charge >= 0.3 is 0 Å². The lowest BCUT2D eigenvalue weighted by Crippen LogP contribution is -2.54. The lowest BCUT2D eigenvalue weighted by molar-refractivity contribution is 0.329. The molecule has 3 aromatic rings. The molecule has 2 heterocycles. The number of hydrogen-bond donors (Lipinski definition) is 1. The summed E-state index contributed by atoms with van der Waals surface area (Å²) in [6, 6.07) is 12.3. The first-order valence-electron chi connectivity index (χ1n) is 9.18. The summed E-state index contributed by atoms with van der Waals surface area (Å²) in [6.07, 6.45) is 3.99. The Hall–Kier alpha value is -2.56. The fraction of sp³-hybridized carbons (Fsp3) is 0.400. The molecule has 2 atom stereocenters. The number of aromatic hydroxyl groups is 1. The maximum Gasteiger partial charge on any atom is 0.227 e. The topological polar surface area (TPSA) is 54.2 Å². The predicted molar refractivity (Wildman–Crippen MR) is 98.8 cm³/mol. The number of aromatic nitrogens is 3. The Morgan fingerprint density at radius 2 is 2.08 bits per heavy atom. The molecular weight excluding hydrogens is 312 g/mol. The molecule has 5 nitrogen and oxygen atoms in total. The standard InChI is InChI=1S/C20H22N4O/c1-2-23-19(14-9-10-16-13(11-14)5-4-8-18(16)25)21-22-20(23)24-12-15-6-3-7-17(15)24/h4-5,8-11,15,17,25H,2-3,6-7,12H2,1H3. The minimum Gasteiger partial charge on any atom is -0.507 e. The monoisotopic (exact) mass is 334 g/mol. The average Bonchev–Trinajstić information content (AvgIpc) is 3.19. The van der Waals surface area contributed by atoms with Crippen LogP contribution in [0.25, 0.3) is 22.2 Å². The lowest BCUT2D eigenvalue weighted by Gasteiger charge is -2.45. The van der Waals surface area contributed by atoms with Gasteiger partial charge in [0.15, 0.2) is 5.82 Å². The summed E-state index contributed by atoms with van der Waals surface area (Å²) < 4.78 is 2.22. The molecule has 0 radical (unpaired) electrons. The van der Waals surface area contributed by atoms with Crippen LogP contribution in [-0.4, -0.2) is 32.5 Å². The zero-order valence-electron chi connectivity index (χ0n) is 14.4. The van der Waals surface area contributed by atoms with Crippen LogP contribution < -0.4 is 4.90 Å². The minimum atomic E-state index is 0.314. The first kappa shape index (κ1) is 14.8. The smallest absolute Gasteiger partial charge is 0.227 e. The third kappa shape index (κ3) is 2.15. The highest BCUT2D eigenvalue weighted by molar-refractivity contribution is 5.91. The van der Waals surface area contributed by atoms with Gasteiger partial charge in [-0.25, -0.2) is 0 Å². The Bertz CT molecular complexity index is 948. The Labute approximate surface area is 146 Å². The van der Waals surface area contributed by atoms with Crippen LogP contribution in [0.5, 0.6) is 5.75 Å². The van der Waals surface area contributed by atoms with Gasteiger partial charge in [0, 0.05) is 30.1 Å². The Kier molecular flexibility index (Phi) is 3.23. The van der Waals surface area contributed by atoms with Crippen LogP contribution in [0, 0.1) is 5.92 Å². The van der Waals surface area contributed by atoms with Crippen molar-refractivity contribution in [2.45, 2.75) is 38.8 Å². The molecule has 2 aliphatic rings. The second-order valence-corrected chi connectivity index (χ2v) is 7.19. The van der Waals surface area contributed by atoms with Crippen molar-refractivity contribution in [3.05, 3.63) is 36.4 Å². The number of phenolic OH excluding ortho intramolecular Hbond substituents is 1. The number of rotatable bonds is 3. The highest BCUT2D eigenvalue weighted by Gasteiger charge is 2.44. The van der Waals surface area contributed by atoms with E-state index in [1.165, 1.54) is 19.3 Å². The van der Waals surface area contributed by atoms with Gasteiger partial charge in [0.1, 0.15) is 5.75 Å². The van der Waals surface area contributed by atoms with Crippen molar-refractivity contribution in [2.24, 2.45) is 5.92 Å². The van der Waals surface area contributed by atoms with Crippen molar-refractivity contribution in [1.82, 2.24) is 14.8 Å². The summed E-state index contributed by atoms with van der Waals surface area (Å²) in [5.74, 6) is 3.09. The molecule has 0 bridgehead atoms. The normalized spacial score (nSPS) is 22.2. The van der Waals surface area contributed by atoms with E-state index >= 15 is 0 Å². The van der Waals surface area contributed by atoms with E-state index in [0.29, 0.717) is 11.8 Å². The van der Waals surface area contributed by atoms with Crippen LogP contribution in [0.2, 0.25) is 0 Å². The van der Waals surface area contributed by atoms with Crippen molar-refractivity contribution in [2.75, 3.05) is 11.4 Å². The molecule has 1 aliphatic carbocycles. The van der Waals surface area contributed by atoms with Gasteiger partial charge in [-0.15, -0.1) is 10.2 Å². The van der Waals surface area contributed by atoms with E-state index in [1.807, 2.05) is 24.3 Å². The predicted octanol–water partition coefficient (Wildman–Crippen LogP) is 3.81. The Balaban J connectivity index is 1.56. The minimum absolute atomic E-state index is 0.314. The fourth-order valence-electron chi connectivity index (χ4n) is 4.54. The number of fused-ring (bicyclic) bond motifs is 2. The summed E-state index contributed by atoms with van der Waals surface area (Å²) in [5.41, 5.74) is 1.04. The quantitative estimate of drug-likeness (QED) is 0.791. The van der Waals surface area contributed by atoms with E-state index in [2.05, 4.69) is 32.7 Å². The van der Waals surface area contributed by atoms with Gasteiger partial charge in [-0.2, -0.15) is 0 Å². The van der Waals surface area contributed by atoms with Crippen molar-refractivity contribution < 1.29 is 5.11 Å². The van der Waals surface area contributed by atoms with E-state index in [9.17, 15) is 5.11 Å². The van der Waals surface area contributed by atoms with Crippen LogP contribution in [0.3, 0.4) is 0 Å². The fourth-order valence-corrected chi connectivity index (χ4v) is 4.54. The number of nitrogens with zero attached hydrogens (tertiary/aromatic N) is 4. The summed E-state index contributed by atoms with van der Waals surface area (Å²) in [4.78, 5) is 2.44. The van der Waals surface area contributed by atoms with E-state index in [1.54, 1.807) is 6.07 Å². The molecule has 0 spiro atoms. The van der Waals surface area contributed by atoms with Crippen LogP contribution >= 0.6 is 0 Å². The molecule has 1 N–H and O–H groups in total. The largest absolute Gasteiger partial charge is 0.507 e. The van der Waals surface area contributed by atoms with E-state index in [-0.39, 0.29) is 0 Å². The maximum atomic E-state index is 10.00. The van der Waals surface area contributed by atoms with E-state index in [4.69, 9.17) is 0 Å². The number of hydrogen-bond acceptors (Lipinski definition) is 4. The zero-order valence-corrected chi connectivity index (χ0v) is 14.4. The lowest BCUT2D eigenvalue weighted by atomic mass is 9.92. The highest BCUT2D eigenvalue weighted by Crippen LogP contribution is 2.42. The van der Waals surface area contributed by atoms with Gasteiger partial charge in [-0.1, -0.05) is 24.6 Å². The van der Waals surface area contributed by atoms with Crippen LogP contribution in [0.15, 0.2) is 36.4 Å². The Morgan fingerprint density at radius 1 is 1.16 bits per heavy atom. The molecule has 5 rings (SSSR count). The summed E-state index contributed by atoms with van der Waals surface area (Å²) in [5, 5.41) is 20.9. The molecule has 0 amide bonds. The van der Waals surface area contributed by atoms with Crippen molar-refractivity contribution in [1.29, 1.82) is 0 Å². The first-order valence-corrected chi connectivity index (χ1v) is 9.18. The molecule has 25 heavy (non-hydrogen) atoms. The molecule has 128 valence electrons. The first-order chi connectivity index (χ1) is 12.3. The van der Waals surface area contributed by atoms with Gasteiger partial charge in [0.2, 0.25) is 5.95 Å². The summed E-state index contributed by atoms with van der Waals surface area (Å²) in [6.45, 7) is 4.12. The third-order valence-electron chi connectivity index (χ3n) is 5.87. The SMILES string of the molecule is CCn1c(-c2ccc3c(O)cccc3c2)nnc1N1CC2CCCC21. The van der Waals surface area contributed by atoms with E-state index in [0.717, 1.165) is 47.1 Å². The number of anilines is 1. The van der Waals surface area contributed by atoms with Gasteiger partial charge < -0.3 is 10.0 Å². The molecule has 1 saturated heterocycles. The second-order valence-electron chi connectivity index (χ2n) is 7.19. The van der Waals surface area contributed by atoms with Crippen LogP contribution in [0.4, 0.5) is 5.95 Å². The zero-order chi connectivity index (χ0) is 17.0. The molecule has 1 aliphatic heterocycles. The van der Waals surface area contributed by atoms with Gasteiger partial charge in [0.05, 0.1) is 0 Å². The Morgan fingerprint density at radius 3 is 2.92 bits per heavy atom. The average molecular weight is 334 g/mol. The number of phenols is 1. The van der Waals surface area contributed by atoms with Gasteiger partial charge in [-0.05, 0) is 49.3 Å². The van der Waals surface area contributed by atoms with Gasteiger partial charge in [-0.3, -0.25) is 4.57 Å². The molecule has 1 aromatic heterocycles. The summed E-state index contributed by atoms with van der Waals surface area (Å²) >= 11 is 0.